The summed E-state index contributed by atoms with van der Waals surface area (Å²) in [6, 6.07) is 0.0254. The molecule has 13 heavy (non-hydrogen) atoms. The molecule has 0 saturated carbocycles. The van der Waals surface area contributed by atoms with Gasteiger partial charge in [0.05, 0.1) is 6.61 Å². The lowest BCUT2D eigenvalue weighted by Gasteiger charge is -2.19. The first kappa shape index (κ1) is 10.3. The minimum atomic E-state index is 0.0254. The zero-order chi connectivity index (χ0) is 9.68. The third kappa shape index (κ3) is 3.20. The maximum atomic E-state index is 11.1. The van der Waals surface area contributed by atoms with Gasteiger partial charge >= 0.3 is 6.03 Å². The number of carbonyl (C=O) groups is 1. The molecule has 0 aromatic carbocycles. The fourth-order valence-electron chi connectivity index (χ4n) is 1.30. The minimum absolute atomic E-state index is 0.0254. The second kappa shape index (κ2) is 5.04. The molecule has 0 bridgehead atoms. The van der Waals surface area contributed by atoms with E-state index in [-0.39, 0.29) is 12.6 Å². The van der Waals surface area contributed by atoms with Gasteiger partial charge in [0, 0.05) is 32.7 Å². The molecule has 0 unspecified atom stereocenters. The van der Waals surface area contributed by atoms with Crippen molar-refractivity contribution in [1.82, 2.24) is 15.1 Å². The first-order chi connectivity index (χ1) is 6.24. The van der Waals surface area contributed by atoms with Crippen LogP contribution in [0.4, 0.5) is 4.79 Å². The standard InChI is InChI=1S/C8H17N3O2/c1-10(6-7-12)4-5-11-3-2-9-8(11)13/h12H,2-7H2,1H3,(H,9,13). The molecule has 5 heteroatoms. The van der Waals surface area contributed by atoms with Crippen molar-refractivity contribution in [2.24, 2.45) is 0 Å². The highest BCUT2D eigenvalue weighted by molar-refractivity contribution is 5.76. The van der Waals surface area contributed by atoms with Gasteiger partial charge in [-0.15, -0.1) is 0 Å². The summed E-state index contributed by atoms with van der Waals surface area (Å²) in [7, 11) is 1.93. The third-order valence-electron chi connectivity index (χ3n) is 2.18. The van der Waals surface area contributed by atoms with Crippen LogP contribution in [0.5, 0.6) is 0 Å². The number of nitrogens with zero attached hydrogens (tertiary/aromatic N) is 2. The Balaban J connectivity index is 2.14. The fraction of sp³-hybridized carbons (Fsp3) is 0.875. The Bertz CT molecular complexity index is 175. The van der Waals surface area contributed by atoms with Crippen LogP contribution in [-0.2, 0) is 0 Å². The number of urea groups is 1. The molecule has 0 radical (unpaired) electrons. The maximum absolute atomic E-state index is 11.1. The first-order valence-electron chi connectivity index (χ1n) is 4.56. The molecule has 0 aromatic heterocycles. The molecule has 76 valence electrons. The summed E-state index contributed by atoms with van der Waals surface area (Å²) in [5, 5.41) is 11.4. The molecule has 2 N–H and O–H groups in total. The number of aliphatic hydroxyl groups excluding tert-OH is 1. The third-order valence-corrected chi connectivity index (χ3v) is 2.18. The van der Waals surface area contributed by atoms with Crippen LogP contribution in [0.1, 0.15) is 0 Å². The number of amides is 2. The SMILES string of the molecule is CN(CCO)CCN1CCNC1=O. The van der Waals surface area contributed by atoms with Gasteiger partial charge in [-0.3, -0.25) is 0 Å². The number of hydrogen-bond donors (Lipinski definition) is 2. The van der Waals surface area contributed by atoms with Crippen LogP contribution in [0.15, 0.2) is 0 Å². The van der Waals surface area contributed by atoms with Crippen LogP contribution in [0, 0.1) is 0 Å². The Kier molecular flexibility index (Phi) is 3.98. The number of aliphatic hydroxyl groups is 1. The van der Waals surface area contributed by atoms with E-state index in [9.17, 15) is 4.79 Å². The summed E-state index contributed by atoms with van der Waals surface area (Å²) in [5.74, 6) is 0. The number of rotatable bonds is 5. The van der Waals surface area contributed by atoms with Crippen LogP contribution < -0.4 is 5.32 Å². The highest BCUT2D eigenvalue weighted by Gasteiger charge is 2.18. The lowest BCUT2D eigenvalue weighted by molar-refractivity contribution is 0.193. The summed E-state index contributed by atoms with van der Waals surface area (Å²) >= 11 is 0. The predicted molar refractivity (Wildman–Crippen MR) is 49.6 cm³/mol. The predicted octanol–water partition coefficient (Wildman–Crippen LogP) is -1.06. The number of carbonyl (C=O) groups excluding carboxylic acids is 1. The monoisotopic (exact) mass is 187 g/mol. The molecule has 1 fully saturated rings. The van der Waals surface area contributed by atoms with Crippen molar-refractivity contribution >= 4 is 6.03 Å². The lowest BCUT2D eigenvalue weighted by atomic mass is 10.4. The molecular formula is C8H17N3O2. The van der Waals surface area contributed by atoms with Gasteiger partial charge in [0.1, 0.15) is 0 Å². The Morgan fingerprint density at radius 3 is 2.92 bits per heavy atom. The first-order valence-corrected chi connectivity index (χ1v) is 4.56. The van der Waals surface area contributed by atoms with Crippen LogP contribution in [-0.4, -0.2) is 67.3 Å². The van der Waals surface area contributed by atoms with Crippen molar-refractivity contribution in [2.45, 2.75) is 0 Å². The molecule has 5 nitrogen and oxygen atoms in total. The smallest absolute Gasteiger partial charge is 0.317 e. The average Bonchev–Trinajstić information content (AvgIpc) is 2.48. The Hall–Kier alpha value is -0.810. The van der Waals surface area contributed by atoms with E-state index in [0.29, 0.717) is 6.54 Å². The van der Waals surface area contributed by atoms with Gasteiger partial charge in [0.25, 0.3) is 0 Å². The molecule has 0 spiro atoms. The summed E-state index contributed by atoms with van der Waals surface area (Å²) < 4.78 is 0. The highest BCUT2D eigenvalue weighted by Crippen LogP contribution is 1.96. The normalized spacial score (nSPS) is 16.8. The zero-order valence-electron chi connectivity index (χ0n) is 7.99. The fourth-order valence-corrected chi connectivity index (χ4v) is 1.30. The molecule has 1 rings (SSSR count). The molecule has 0 atom stereocenters. The quantitative estimate of drug-likeness (QED) is 0.576. The van der Waals surface area contributed by atoms with Crippen molar-refractivity contribution < 1.29 is 9.90 Å². The van der Waals surface area contributed by atoms with E-state index in [1.54, 1.807) is 4.90 Å². The number of likely N-dealkylation sites (N-methyl/N-ethyl adjacent to an activating group) is 1. The van der Waals surface area contributed by atoms with Crippen molar-refractivity contribution in [3.05, 3.63) is 0 Å². The molecule has 1 aliphatic heterocycles. The van der Waals surface area contributed by atoms with Crippen molar-refractivity contribution in [2.75, 3.05) is 46.4 Å². The van der Waals surface area contributed by atoms with Crippen molar-refractivity contribution in [1.29, 1.82) is 0 Å². The summed E-state index contributed by atoms with van der Waals surface area (Å²) in [4.78, 5) is 14.9. The average molecular weight is 187 g/mol. The molecule has 0 aromatic rings. The number of nitrogens with one attached hydrogen (secondary N) is 1. The Morgan fingerprint density at radius 2 is 2.38 bits per heavy atom. The van der Waals surface area contributed by atoms with Gasteiger partial charge in [-0.05, 0) is 7.05 Å². The molecular weight excluding hydrogens is 170 g/mol. The van der Waals surface area contributed by atoms with E-state index in [4.69, 9.17) is 5.11 Å². The van der Waals surface area contributed by atoms with Gasteiger partial charge in [-0.2, -0.15) is 0 Å². The van der Waals surface area contributed by atoms with E-state index in [1.807, 2.05) is 11.9 Å². The van der Waals surface area contributed by atoms with Crippen molar-refractivity contribution in [3.8, 4) is 0 Å². The van der Waals surface area contributed by atoms with E-state index in [1.165, 1.54) is 0 Å². The second-order valence-corrected chi connectivity index (χ2v) is 3.25. The lowest BCUT2D eigenvalue weighted by Crippen LogP contribution is -2.36. The summed E-state index contributed by atoms with van der Waals surface area (Å²) in [6.45, 7) is 3.93. The van der Waals surface area contributed by atoms with Crippen LogP contribution in [0.3, 0.4) is 0 Å². The van der Waals surface area contributed by atoms with E-state index in [2.05, 4.69) is 5.32 Å². The van der Waals surface area contributed by atoms with Crippen molar-refractivity contribution in [3.63, 3.8) is 0 Å². The van der Waals surface area contributed by atoms with Crippen LogP contribution in [0.25, 0.3) is 0 Å². The Morgan fingerprint density at radius 1 is 1.62 bits per heavy atom. The molecule has 1 heterocycles. The molecule has 2 amide bonds. The second-order valence-electron chi connectivity index (χ2n) is 3.25. The summed E-state index contributed by atoms with van der Waals surface area (Å²) in [6.07, 6.45) is 0. The van der Waals surface area contributed by atoms with E-state index >= 15 is 0 Å². The topological polar surface area (TPSA) is 55.8 Å². The highest BCUT2D eigenvalue weighted by atomic mass is 16.3. The van der Waals surface area contributed by atoms with Crippen LogP contribution >= 0.6 is 0 Å². The summed E-state index contributed by atoms with van der Waals surface area (Å²) in [5.41, 5.74) is 0. The molecule has 0 aliphatic carbocycles. The molecule has 1 aliphatic rings. The van der Waals surface area contributed by atoms with Crippen LogP contribution in [0.2, 0.25) is 0 Å². The van der Waals surface area contributed by atoms with Gasteiger partial charge in [-0.1, -0.05) is 0 Å². The van der Waals surface area contributed by atoms with E-state index in [0.717, 1.165) is 26.2 Å². The van der Waals surface area contributed by atoms with Gasteiger partial charge in [0.2, 0.25) is 0 Å². The maximum Gasteiger partial charge on any atom is 0.317 e. The van der Waals surface area contributed by atoms with Gasteiger partial charge < -0.3 is 20.2 Å². The zero-order valence-corrected chi connectivity index (χ0v) is 7.99. The van der Waals surface area contributed by atoms with Gasteiger partial charge in [0.15, 0.2) is 0 Å². The van der Waals surface area contributed by atoms with Gasteiger partial charge in [-0.25, -0.2) is 4.79 Å². The Labute approximate surface area is 78.3 Å². The molecule has 1 saturated heterocycles. The van der Waals surface area contributed by atoms with E-state index < -0.39 is 0 Å². The number of hydrogen-bond acceptors (Lipinski definition) is 3. The minimum Gasteiger partial charge on any atom is -0.395 e. The largest absolute Gasteiger partial charge is 0.395 e.